The number of hydrogen-bond acceptors (Lipinski definition) is 3. The van der Waals surface area contributed by atoms with E-state index in [1.807, 2.05) is 6.07 Å². The van der Waals surface area contributed by atoms with E-state index < -0.39 is 5.92 Å². The lowest BCUT2D eigenvalue weighted by atomic mass is 9.82. The van der Waals surface area contributed by atoms with Crippen LogP contribution in [0.5, 0.6) is 0 Å². The van der Waals surface area contributed by atoms with Crippen LogP contribution in [0, 0.1) is 5.92 Å². The average molecular weight is 219 g/mol. The normalized spacial score (nSPS) is 23.4. The maximum Gasteiger partial charge on any atom is 0.233 e. The van der Waals surface area contributed by atoms with Gasteiger partial charge in [-0.1, -0.05) is 30.3 Å². The number of benzene rings is 1. The van der Waals surface area contributed by atoms with E-state index >= 15 is 0 Å². The zero-order valence-corrected chi connectivity index (χ0v) is 8.72. The standard InChI is InChI=1S/C12H13NO3/c14-7-6-9-10(12(16)13-9)11(15)8-4-2-1-3-5-8/h1-5,9-10,14H,6-7H2,(H,13,16)/t9-,10+/m1/s1. The molecule has 2 N–H and O–H groups in total. The molecule has 1 saturated heterocycles. The second-order valence-electron chi connectivity index (χ2n) is 3.84. The number of β-lactam (4-membered cyclic amide) rings is 1. The first-order valence-corrected chi connectivity index (χ1v) is 5.24. The van der Waals surface area contributed by atoms with Crippen molar-refractivity contribution < 1.29 is 14.7 Å². The SMILES string of the molecule is O=C1N[C@H](CCO)[C@H]1C(=O)c1ccccc1. The molecule has 0 aliphatic carbocycles. The fourth-order valence-electron chi connectivity index (χ4n) is 1.90. The highest BCUT2D eigenvalue weighted by molar-refractivity contribution is 6.13. The maximum absolute atomic E-state index is 12.0. The Morgan fingerprint density at radius 2 is 2.00 bits per heavy atom. The predicted octanol–water partition coefficient (Wildman–Crippen LogP) is 0.366. The van der Waals surface area contributed by atoms with Crippen molar-refractivity contribution in [3.8, 4) is 0 Å². The van der Waals surface area contributed by atoms with E-state index in [4.69, 9.17) is 5.11 Å². The van der Waals surface area contributed by atoms with Crippen molar-refractivity contribution in [3.63, 3.8) is 0 Å². The fourth-order valence-corrected chi connectivity index (χ4v) is 1.90. The molecule has 1 fully saturated rings. The summed E-state index contributed by atoms with van der Waals surface area (Å²) >= 11 is 0. The van der Waals surface area contributed by atoms with Gasteiger partial charge in [0, 0.05) is 18.2 Å². The van der Waals surface area contributed by atoms with Gasteiger partial charge in [0.15, 0.2) is 5.78 Å². The molecule has 84 valence electrons. The zero-order chi connectivity index (χ0) is 11.5. The van der Waals surface area contributed by atoms with Gasteiger partial charge in [-0.3, -0.25) is 9.59 Å². The number of Topliss-reactive ketones (excluding diaryl/α,β-unsaturated/α-hetero) is 1. The fraction of sp³-hybridized carbons (Fsp3) is 0.333. The van der Waals surface area contributed by atoms with E-state index in [0.29, 0.717) is 12.0 Å². The number of carbonyl (C=O) groups excluding carboxylic acids is 2. The van der Waals surface area contributed by atoms with Gasteiger partial charge in [-0.05, 0) is 6.42 Å². The van der Waals surface area contributed by atoms with Gasteiger partial charge in [-0.15, -0.1) is 0 Å². The summed E-state index contributed by atoms with van der Waals surface area (Å²) in [7, 11) is 0. The number of aliphatic hydroxyl groups is 1. The van der Waals surface area contributed by atoms with Crippen LogP contribution in [0.4, 0.5) is 0 Å². The molecule has 0 saturated carbocycles. The molecule has 0 spiro atoms. The molecule has 0 unspecified atom stereocenters. The lowest BCUT2D eigenvalue weighted by molar-refractivity contribution is -0.132. The van der Waals surface area contributed by atoms with Crippen molar-refractivity contribution in [1.29, 1.82) is 0 Å². The largest absolute Gasteiger partial charge is 0.396 e. The summed E-state index contributed by atoms with van der Waals surface area (Å²) in [6.07, 6.45) is 0.426. The van der Waals surface area contributed by atoms with Crippen LogP contribution in [0.15, 0.2) is 30.3 Å². The van der Waals surface area contributed by atoms with Crippen LogP contribution in [-0.4, -0.2) is 29.4 Å². The first-order valence-electron chi connectivity index (χ1n) is 5.24. The van der Waals surface area contributed by atoms with Crippen LogP contribution >= 0.6 is 0 Å². The Hall–Kier alpha value is -1.68. The van der Waals surface area contributed by atoms with Gasteiger partial charge in [0.1, 0.15) is 5.92 Å². The lowest BCUT2D eigenvalue weighted by Crippen LogP contribution is -2.61. The van der Waals surface area contributed by atoms with E-state index in [1.54, 1.807) is 24.3 Å². The molecule has 16 heavy (non-hydrogen) atoms. The molecule has 2 rings (SSSR count). The molecule has 0 aromatic heterocycles. The Bertz CT molecular complexity index is 402. The summed E-state index contributed by atoms with van der Waals surface area (Å²) in [5, 5.41) is 11.4. The Morgan fingerprint density at radius 1 is 1.31 bits per heavy atom. The summed E-state index contributed by atoms with van der Waals surface area (Å²) < 4.78 is 0. The van der Waals surface area contributed by atoms with Crippen molar-refractivity contribution in [2.45, 2.75) is 12.5 Å². The third-order valence-electron chi connectivity index (χ3n) is 2.79. The Kier molecular flexibility index (Phi) is 3.01. The summed E-state index contributed by atoms with van der Waals surface area (Å²) in [5.41, 5.74) is 0.547. The summed E-state index contributed by atoms with van der Waals surface area (Å²) in [6.45, 7) is -0.0243. The molecule has 4 heteroatoms. The average Bonchev–Trinajstić information content (AvgIpc) is 2.29. The molecule has 1 aliphatic heterocycles. The number of nitrogens with one attached hydrogen (secondary N) is 1. The highest BCUT2D eigenvalue weighted by Crippen LogP contribution is 2.22. The molecule has 0 bridgehead atoms. The van der Waals surface area contributed by atoms with Crippen LogP contribution in [0.3, 0.4) is 0 Å². The second kappa shape index (κ2) is 4.45. The molecule has 4 nitrogen and oxygen atoms in total. The highest BCUT2D eigenvalue weighted by Gasteiger charge is 2.43. The molecular weight excluding hydrogens is 206 g/mol. The summed E-state index contributed by atoms with van der Waals surface area (Å²) in [5.74, 6) is -1.04. The molecule has 1 aromatic carbocycles. The topological polar surface area (TPSA) is 66.4 Å². The third-order valence-corrected chi connectivity index (χ3v) is 2.79. The highest BCUT2D eigenvalue weighted by atomic mass is 16.3. The van der Waals surface area contributed by atoms with E-state index in [-0.39, 0.29) is 24.3 Å². The van der Waals surface area contributed by atoms with Crippen molar-refractivity contribution in [1.82, 2.24) is 5.32 Å². The molecule has 1 amide bonds. The molecule has 1 aromatic rings. The van der Waals surface area contributed by atoms with E-state index in [2.05, 4.69) is 5.32 Å². The summed E-state index contributed by atoms with van der Waals surface area (Å²) in [6, 6.07) is 8.54. The van der Waals surface area contributed by atoms with Crippen LogP contribution in [0.25, 0.3) is 0 Å². The van der Waals surface area contributed by atoms with Gasteiger partial charge in [0.2, 0.25) is 5.91 Å². The second-order valence-corrected chi connectivity index (χ2v) is 3.84. The van der Waals surface area contributed by atoms with E-state index in [0.717, 1.165) is 0 Å². The van der Waals surface area contributed by atoms with Crippen LogP contribution in [0.1, 0.15) is 16.8 Å². The van der Waals surface area contributed by atoms with Gasteiger partial charge in [-0.2, -0.15) is 0 Å². The van der Waals surface area contributed by atoms with Crippen molar-refractivity contribution >= 4 is 11.7 Å². The van der Waals surface area contributed by atoms with Crippen molar-refractivity contribution in [2.75, 3.05) is 6.61 Å². The quantitative estimate of drug-likeness (QED) is 0.436. The Morgan fingerprint density at radius 3 is 2.56 bits per heavy atom. The van der Waals surface area contributed by atoms with E-state index in [9.17, 15) is 9.59 Å². The lowest BCUT2D eigenvalue weighted by Gasteiger charge is -2.35. The smallest absolute Gasteiger partial charge is 0.233 e. The summed E-state index contributed by atoms with van der Waals surface area (Å²) in [4.78, 5) is 23.3. The minimum Gasteiger partial charge on any atom is -0.396 e. The van der Waals surface area contributed by atoms with Gasteiger partial charge in [0.25, 0.3) is 0 Å². The third kappa shape index (κ3) is 1.84. The monoisotopic (exact) mass is 219 g/mol. The number of aliphatic hydroxyl groups excluding tert-OH is 1. The first kappa shape index (κ1) is 10.8. The number of hydrogen-bond donors (Lipinski definition) is 2. The number of rotatable bonds is 4. The van der Waals surface area contributed by atoms with Crippen LogP contribution < -0.4 is 5.32 Å². The van der Waals surface area contributed by atoms with Crippen molar-refractivity contribution in [2.24, 2.45) is 5.92 Å². The van der Waals surface area contributed by atoms with Crippen LogP contribution in [-0.2, 0) is 4.79 Å². The zero-order valence-electron chi connectivity index (χ0n) is 8.72. The molecule has 0 radical (unpaired) electrons. The molecule has 1 heterocycles. The van der Waals surface area contributed by atoms with Gasteiger partial charge in [-0.25, -0.2) is 0 Å². The van der Waals surface area contributed by atoms with Gasteiger partial charge < -0.3 is 10.4 Å². The predicted molar refractivity (Wildman–Crippen MR) is 57.9 cm³/mol. The van der Waals surface area contributed by atoms with E-state index in [1.165, 1.54) is 0 Å². The van der Waals surface area contributed by atoms with Crippen LogP contribution in [0.2, 0.25) is 0 Å². The minimum atomic E-state index is -0.630. The minimum absolute atomic E-state index is 0.0243. The maximum atomic E-state index is 12.0. The molecular formula is C12H13NO3. The van der Waals surface area contributed by atoms with Gasteiger partial charge >= 0.3 is 0 Å². The number of carbonyl (C=O) groups is 2. The molecule has 1 aliphatic rings. The number of amides is 1. The van der Waals surface area contributed by atoms with Gasteiger partial charge in [0.05, 0.1) is 0 Å². The van der Waals surface area contributed by atoms with Crippen molar-refractivity contribution in [3.05, 3.63) is 35.9 Å². The Balaban J connectivity index is 2.12. The Labute approximate surface area is 93.3 Å². The molecule has 2 atom stereocenters. The number of ketones is 1. The first-order chi connectivity index (χ1) is 7.74.